The summed E-state index contributed by atoms with van der Waals surface area (Å²) in [6.07, 6.45) is -8.09. The molecule has 18 nitrogen and oxygen atoms in total. The first kappa shape index (κ1) is 39.3. The Labute approximate surface area is 354 Å². The van der Waals surface area contributed by atoms with Gasteiger partial charge in [-0.3, -0.25) is 0 Å². The van der Waals surface area contributed by atoms with Crippen molar-refractivity contribution in [1.29, 1.82) is 0 Å². The van der Waals surface area contributed by atoms with Gasteiger partial charge in [-0.25, -0.2) is 0 Å². The maximum atomic E-state index is 12.7. The molecule has 0 aliphatic carbocycles. The van der Waals surface area contributed by atoms with Gasteiger partial charge in [0, 0.05) is 64.1 Å². The van der Waals surface area contributed by atoms with E-state index in [-0.39, 0.29) is 68.2 Å². The number of hydrogen-bond acceptors (Lipinski definition) is 18. The van der Waals surface area contributed by atoms with Gasteiger partial charge in [0.15, 0.2) is 40.6 Å². The van der Waals surface area contributed by atoms with E-state index >= 15 is 0 Å². The Kier molecular flexibility index (Phi) is 8.49. The fourth-order valence-corrected chi connectivity index (χ4v) is 9.32. The van der Waals surface area contributed by atoms with E-state index < -0.39 is 117 Å². The first-order valence-corrected chi connectivity index (χ1v) is 19.3. The van der Waals surface area contributed by atoms with Crippen LogP contribution in [0.3, 0.4) is 0 Å². The van der Waals surface area contributed by atoms with E-state index in [1.54, 1.807) is 0 Å². The number of fused-ring (bicyclic) bond motifs is 9. The number of phenols is 11. The van der Waals surface area contributed by atoms with Crippen LogP contribution in [-0.2, 0) is 12.2 Å². The van der Waals surface area contributed by atoms with Crippen LogP contribution < -0.4 is 18.9 Å². The van der Waals surface area contributed by atoms with Gasteiger partial charge in [-0.15, -0.1) is 0 Å². The molecule has 4 aliphatic rings. The van der Waals surface area contributed by atoms with Crippen LogP contribution in [0, 0.1) is 0 Å². The van der Waals surface area contributed by atoms with E-state index in [2.05, 4.69) is 0 Å². The highest BCUT2D eigenvalue weighted by molar-refractivity contribution is 5.72. The Morgan fingerprint density at radius 2 is 1.03 bits per heavy atom. The van der Waals surface area contributed by atoms with E-state index in [1.807, 2.05) is 0 Å². The van der Waals surface area contributed by atoms with Gasteiger partial charge >= 0.3 is 5.79 Å². The molecule has 10 rings (SSSR count). The molecule has 6 aromatic rings. The number of benzene rings is 6. The van der Waals surface area contributed by atoms with E-state index in [9.17, 15) is 71.5 Å². The zero-order valence-corrected chi connectivity index (χ0v) is 32.1. The topological polar surface area (TPSA) is 320 Å². The van der Waals surface area contributed by atoms with Crippen molar-refractivity contribution in [3.05, 3.63) is 123 Å². The van der Waals surface area contributed by atoms with Crippen molar-refractivity contribution in [2.24, 2.45) is 0 Å². The smallest absolute Gasteiger partial charge is 0.305 e. The third-order valence-electron chi connectivity index (χ3n) is 12.2. The summed E-state index contributed by atoms with van der Waals surface area (Å²) in [6, 6.07) is 14.8. The predicted octanol–water partition coefficient (Wildman–Crippen LogP) is 4.24. The highest BCUT2D eigenvalue weighted by Crippen LogP contribution is 2.65. The number of aliphatic hydroxyl groups is 3. The molecule has 0 saturated carbocycles. The summed E-state index contributed by atoms with van der Waals surface area (Å²) in [7, 11) is 0. The molecule has 8 atom stereocenters. The molecule has 18 heteroatoms. The third kappa shape index (κ3) is 5.68. The Bertz CT molecular complexity index is 2910. The minimum Gasteiger partial charge on any atom is -0.508 e. The molecular formula is C45H36O18. The number of aromatic hydroxyl groups is 11. The fourth-order valence-electron chi connectivity index (χ4n) is 9.32. The number of hydrogen-bond donors (Lipinski definition) is 14. The van der Waals surface area contributed by atoms with Crippen molar-refractivity contribution in [2.75, 3.05) is 0 Å². The lowest BCUT2D eigenvalue weighted by atomic mass is 9.71. The minimum absolute atomic E-state index is 0.0246. The van der Waals surface area contributed by atoms with Crippen LogP contribution in [0.5, 0.6) is 86.2 Å². The second-order valence-electron chi connectivity index (χ2n) is 15.9. The molecule has 0 fully saturated rings. The van der Waals surface area contributed by atoms with Crippen molar-refractivity contribution >= 4 is 0 Å². The highest BCUT2D eigenvalue weighted by atomic mass is 16.7. The van der Waals surface area contributed by atoms with Gasteiger partial charge < -0.3 is 90.4 Å². The summed E-state index contributed by atoms with van der Waals surface area (Å²) in [6.45, 7) is 0. The normalized spacial score (nSPS) is 25.2. The average molecular weight is 865 g/mol. The van der Waals surface area contributed by atoms with Crippen molar-refractivity contribution in [3.8, 4) is 86.2 Å². The molecule has 0 unspecified atom stereocenters. The summed E-state index contributed by atoms with van der Waals surface area (Å²) in [5.41, 5.74) is -0.635. The maximum Gasteiger partial charge on any atom is 0.305 e. The number of aliphatic hydroxyl groups excluding tert-OH is 3. The summed E-state index contributed by atoms with van der Waals surface area (Å²) in [5, 5.41) is 156. The monoisotopic (exact) mass is 864 g/mol. The van der Waals surface area contributed by atoms with Crippen LogP contribution in [0.1, 0.15) is 68.6 Å². The molecule has 4 aliphatic heterocycles. The number of ether oxygens (including phenoxy) is 4. The molecule has 2 bridgehead atoms. The number of rotatable bonds is 4. The molecule has 0 aromatic heterocycles. The zero-order chi connectivity index (χ0) is 44.5. The summed E-state index contributed by atoms with van der Waals surface area (Å²) < 4.78 is 25.7. The molecule has 0 spiro atoms. The van der Waals surface area contributed by atoms with Gasteiger partial charge in [-0.1, -0.05) is 12.1 Å². The molecule has 63 heavy (non-hydrogen) atoms. The van der Waals surface area contributed by atoms with Gasteiger partial charge in [-0.2, -0.15) is 0 Å². The van der Waals surface area contributed by atoms with Crippen molar-refractivity contribution in [1.82, 2.24) is 0 Å². The van der Waals surface area contributed by atoms with Gasteiger partial charge in [0.2, 0.25) is 0 Å². The molecule has 0 radical (unpaired) electrons. The third-order valence-corrected chi connectivity index (χ3v) is 12.2. The van der Waals surface area contributed by atoms with Crippen LogP contribution in [0.25, 0.3) is 0 Å². The first-order valence-electron chi connectivity index (χ1n) is 19.3. The molecule has 324 valence electrons. The van der Waals surface area contributed by atoms with E-state index in [4.69, 9.17) is 18.9 Å². The van der Waals surface area contributed by atoms with E-state index in [0.29, 0.717) is 0 Å². The second-order valence-corrected chi connectivity index (χ2v) is 15.9. The maximum absolute atomic E-state index is 12.7. The molecule has 6 aromatic carbocycles. The van der Waals surface area contributed by atoms with Crippen molar-refractivity contribution in [2.45, 2.75) is 54.6 Å². The van der Waals surface area contributed by atoms with Gasteiger partial charge in [0.05, 0.1) is 17.9 Å². The van der Waals surface area contributed by atoms with Crippen LogP contribution in [0.4, 0.5) is 0 Å². The van der Waals surface area contributed by atoms with Gasteiger partial charge in [0.25, 0.3) is 0 Å². The predicted molar refractivity (Wildman–Crippen MR) is 212 cm³/mol. The lowest BCUT2D eigenvalue weighted by Gasteiger charge is -2.51. The quantitative estimate of drug-likeness (QED) is 0.110. The average Bonchev–Trinajstić information content (AvgIpc) is 3.22. The Balaban J connectivity index is 1.25. The number of phenolic OH excluding ortho intramolecular Hbond substituents is 11. The lowest BCUT2D eigenvalue weighted by molar-refractivity contribution is -0.219. The van der Waals surface area contributed by atoms with Crippen molar-refractivity contribution in [3.63, 3.8) is 0 Å². The van der Waals surface area contributed by atoms with Gasteiger partial charge in [-0.05, 0) is 53.6 Å². The van der Waals surface area contributed by atoms with Gasteiger partial charge in [0.1, 0.15) is 70.1 Å². The Morgan fingerprint density at radius 3 is 1.67 bits per heavy atom. The Morgan fingerprint density at radius 1 is 0.444 bits per heavy atom. The lowest BCUT2D eigenvalue weighted by Crippen LogP contribution is -2.58. The molecule has 4 heterocycles. The minimum atomic E-state index is -2.50. The summed E-state index contributed by atoms with van der Waals surface area (Å²) >= 11 is 0. The molecule has 14 N–H and O–H groups in total. The Hall–Kier alpha value is -7.80. The standard InChI is InChI=1S/C45H36O18/c46-18-10-27(54)33-31(11-18)60-41(16-2-5-21(48)25(52)8-16)39(58)37(33)34-28(55)13-29(56)35-38-36-32(62-45(44(38)59,63-43(34)35)17-3-6-22(49)26(53)9-17)14-23(50)19-12-30(57)40(61-42(19)36)15-1-4-20(47)24(51)7-15/h1-11,13-14,30,37-41,44,46-59H,12H2/t30-,37+,38+,39+,40-,41+,44+,45-/m0/s1. The zero-order valence-electron chi connectivity index (χ0n) is 32.1. The second kappa shape index (κ2) is 13.6. The van der Waals surface area contributed by atoms with E-state index in [0.717, 1.165) is 48.5 Å². The molecule has 0 amide bonds. The molecular weight excluding hydrogens is 828 g/mol. The van der Waals surface area contributed by atoms with Crippen LogP contribution in [0.2, 0.25) is 0 Å². The van der Waals surface area contributed by atoms with Crippen LogP contribution in [0.15, 0.2) is 78.9 Å². The van der Waals surface area contributed by atoms with Crippen molar-refractivity contribution < 1.29 is 90.4 Å². The van der Waals surface area contributed by atoms with Crippen LogP contribution >= 0.6 is 0 Å². The van der Waals surface area contributed by atoms with E-state index in [1.165, 1.54) is 30.3 Å². The summed E-state index contributed by atoms with van der Waals surface area (Å²) in [4.78, 5) is 0. The SMILES string of the molecule is Oc1cc(O)c2c(c1)O[C@H](c1ccc(O)c(O)c1)[C@H](O)[C@H]2c1c(O)cc(O)c2c1O[C@]1(c3ccc(O)c(O)c3)Oc3cc(O)c4c(c3[C@@H]2[C@H]1O)O[C@@H](c1ccc(O)c(O)c1)[C@@H](O)C4. The molecule has 0 saturated heterocycles. The summed E-state index contributed by atoms with van der Waals surface area (Å²) in [5.74, 6) is -12.9. The first-order chi connectivity index (χ1) is 30.0. The van der Waals surface area contributed by atoms with Crippen LogP contribution in [-0.4, -0.2) is 89.8 Å². The fraction of sp³-hybridized carbons (Fsp3) is 0.200. The largest absolute Gasteiger partial charge is 0.508 e. The highest BCUT2D eigenvalue weighted by Gasteiger charge is 2.61.